The molecular formula is C11H17N5S. The Bertz CT molecular complexity index is 405. The zero-order valence-electron chi connectivity index (χ0n) is 9.89. The van der Waals surface area contributed by atoms with Crippen LogP contribution in [0.5, 0.6) is 0 Å². The number of nitrogens with one attached hydrogen (secondary N) is 1. The minimum atomic E-state index is 0.297. The van der Waals surface area contributed by atoms with Crippen LogP contribution in [0.1, 0.15) is 18.5 Å². The van der Waals surface area contributed by atoms with E-state index in [-0.39, 0.29) is 0 Å². The van der Waals surface area contributed by atoms with Gasteiger partial charge in [0.05, 0.1) is 0 Å². The van der Waals surface area contributed by atoms with Crippen molar-refractivity contribution < 1.29 is 0 Å². The summed E-state index contributed by atoms with van der Waals surface area (Å²) >= 11 is 4.87. The number of nitrogens with two attached hydrogens (primary N) is 1. The van der Waals surface area contributed by atoms with E-state index in [4.69, 9.17) is 18.0 Å². The summed E-state index contributed by atoms with van der Waals surface area (Å²) in [5.41, 5.74) is 6.12. The van der Waals surface area contributed by atoms with Crippen LogP contribution in [0.2, 0.25) is 0 Å². The van der Waals surface area contributed by atoms with Gasteiger partial charge in [0.25, 0.3) is 0 Å². The maximum Gasteiger partial charge on any atom is 0.223 e. The van der Waals surface area contributed by atoms with E-state index in [1.165, 1.54) is 12.8 Å². The molecule has 5 nitrogen and oxygen atoms in total. The lowest BCUT2D eigenvalue weighted by molar-refractivity contribution is 0.337. The van der Waals surface area contributed by atoms with E-state index in [9.17, 15) is 0 Å². The number of anilines is 1. The van der Waals surface area contributed by atoms with Gasteiger partial charge in [0.1, 0.15) is 10.7 Å². The average molecular weight is 251 g/mol. The van der Waals surface area contributed by atoms with E-state index in [1.54, 1.807) is 12.3 Å². The van der Waals surface area contributed by atoms with Crippen LogP contribution in [0.15, 0.2) is 12.3 Å². The van der Waals surface area contributed by atoms with Gasteiger partial charge < -0.3 is 16.0 Å². The Balaban J connectivity index is 1.81. The molecule has 1 aromatic heterocycles. The minimum absolute atomic E-state index is 0.297. The standard InChI is InChI=1S/C11H17N5S/c1-16(8-2-3-8)7-6-14-11-13-5-4-9(15-11)10(12)17/h4-5,8H,2-3,6-7H2,1H3,(H2,12,17)(H,13,14,15). The van der Waals surface area contributed by atoms with Crippen molar-refractivity contribution >= 4 is 23.2 Å². The summed E-state index contributed by atoms with van der Waals surface area (Å²) in [6.45, 7) is 1.82. The molecule has 0 spiro atoms. The summed E-state index contributed by atoms with van der Waals surface area (Å²) in [6.07, 6.45) is 4.31. The van der Waals surface area contributed by atoms with Gasteiger partial charge in [-0.15, -0.1) is 0 Å². The fraction of sp³-hybridized carbons (Fsp3) is 0.545. The highest BCUT2D eigenvalue weighted by Gasteiger charge is 2.25. The molecule has 1 saturated carbocycles. The molecule has 2 rings (SSSR count). The van der Waals surface area contributed by atoms with Crippen LogP contribution in [-0.2, 0) is 0 Å². The third-order valence-corrected chi connectivity index (χ3v) is 3.04. The van der Waals surface area contributed by atoms with Gasteiger partial charge in [0.2, 0.25) is 5.95 Å². The first-order chi connectivity index (χ1) is 8.16. The van der Waals surface area contributed by atoms with Crippen LogP contribution in [-0.4, -0.2) is 46.0 Å². The topological polar surface area (TPSA) is 67.1 Å². The second-order valence-corrected chi connectivity index (χ2v) is 4.71. The summed E-state index contributed by atoms with van der Waals surface area (Å²) < 4.78 is 0. The Labute approximate surface area is 106 Å². The Hall–Kier alpha value is -1.27. The zero-order valence-corrected chi connectivity index (χ0v) is 10.7. The molecule has 0 unspecified atom stereocenters. The normalized spacial score (nSPS) is 14.9. The van der Waals surface area contributed by atoms with Crippen molar-refractivity contribution in [2.75, 3.05) is 25.5 Å². The Morgan fingerprint density at radius 3 is 3.06 bits per heavy atom. The van der Waals surface area contributed by atoms with Gasteiger partial charge in [0, 0.05) is 25.3 Å². The molecule has 17 heavy (non-hydrogen) atoms. The number of likely N-dealkylation sites (N-methyl/N-ethyl adjacent to an activating group) is 1. The highest BCUT2D eigenvalue weighted by atomic mass is 32.1. The fourth-order valence-corrected chi connectivity index (χ4v) is 1.74. The van der Waals surface area contributed by atoms with Crippen LogP contribution in [0.4, 0.5) is 5.95 Å². The highest BCUT2D eigenvalue weighted by molar-refractivity contribution is 7.80. The molecule has 1 fully saturated rings. The van der Waals surface area contributed by atoms with Gasteiger partial charge >= 0.3 is 0 Å². The van der Waals surface area contributed by atoms with Gasteiger partial charge in [-0.05, 0) is 26.0 Å². The van der Waals surface area contributed by atoms with Crippen LogP contribution < -0.4 is 11.1 Å². The molecular weight excluding hydrogens is 234 g/mol. The van der Waals surface area contributed by atoms with Crippen LogP contribution in [0.25, 0.3) is 0 Å². The number of thiocarbonyl (C=S) groups is 1. The van der Waals surface area contributed by atoms with Gasteiger partial charge in [-0.2, -0.15) is 0 Å². The highest BCUT2D eigenvalue weighted by Crippen LogP contribution is 2.24. The fourth-order valence-electron chi connectivity index (χ4n) is 1.62. The molecule has 0 bridgehead atoms. The smallest absolute Gasteiger partial charge is 0.223 e. The SMILES string of the molecule is CN(CCNc1nccc(C(N)=S)n1)C1CC1. The van der Waals surface area contributed by atoms with E-state index < -0.39 is 0 Å². The predicted octanol–water partition coefficient (Wildman–Crippen LogP) is 0.617. The second-order valence-electron chi connectivity index (χ2n) is 4.27. The first-order valence-corrected chi connectivity index (χ1v) is 6.14. The third-order valence-electron chi connectivity index (χ3n) is 2.83. The molecule has 0 amide bonds. The molecule has 1 aliphatic carbocycles. The lowest BCUT2D eigenvalue weighted by atomic mass is 10.4. The Kier molecular flexibility index (Phi) is 3.86. The van der Waals surface area contributed by atoms with Crippen molar-refractivity contribution in [1.82, 2.24) is 14.9 Å². The second kappa shape index (κ2) is 5.37. The lowest BCUT2D eigenvalue weighted by Crippen LogP contribution is -2.27. The van der Waals surface area contributed by atoms with Gasteiger partial charge in [-0.1, -0.05) is 12.2 Å². The van der Waals surface area contributed by atoms with Crippen molar-refractivity contribution in [2.45, 2.75) is 18.9 Å². The molecule has 0 saturated heterocycles. The largest absolute Gasteiger partial charge is 0.388 e. The van der Waals surface area contributed by atoms with E-state index in [2.05, 4.69) is 27.2 Å². The minimum Gasteiger partial charge on any atom is -0.388 e. The molecule has 1 heterocycles. The molecule has 0 radical (unpaired) electrons. The van der Waals surface area contributed by atoms with Crippen LogP contribution in [0, 0.1) is 0 Å². The molecule has 6 heteroatoms. The van der Waals surface area contributed by atoms with Gasteiger partial charge in [-0.3, -0.25) is 0 Å². The lowest BCUT2D eigenvalue weighted by Gasteiger charge is -2.15. The summed E-state index contributed by atoms with van der Waals surface area (Å²) in [6, 6.07) is 2.49. The molecule has 0 aliphatic heterocycles. The average Bonchev–Trinajstić information content (AvgIpc) is 3.13. The van der Waals surface area contributed by atoms with Crippen molar-refractivity contribution in [3.8, 4) is 0 Å². The van der Waals surface area contributed by atoms with E-state index in [1.807, 2.05) is 0 Å². The Morgan fingerprint density at radius 1 is 1.65 bits per heavy atom. The number of nitrogens with zero attached hydrogens (tertiary/aromatic N) is 3. The maximum absolute atomic E-state index is 5.51. The molecule has 1 aliphatic rings. The molecule has 3 N–H and O–H groups in total. The molecule has 0 aromatic carbocycles. The first-order valence-electron chi connectivity index (χ1n) is 5.74. The van der Waals surface area contributed by atoms with Crippen molar-refractivity contribution in [3.05, 3.63) is 18.0 Å². The van der Waals surface area contributed by atoms with E-state index in [0.717, 1.165) is 19.1 Å². The van der Waals surface area contributed by atoms with Crippen LogP contribution >= 0.6 is 12.2 Å². The van der Waals surface area contributed by atoms with Crippen molar-refractivity contribution in [3.63, 3.8) is 0 Å². The predicted molar refractivity (Wildman–Crippen MR) is 72.1 cm³/mol. The number of rotatable bonds is 6. The van der Waals surface area contributed by atoms with Gasteiger partial charge in [0.15, 0.2) is 0 Å². The molecule has 1 aromatic rings. The monoisotopic (exact) mass is 251 g/mol. The summed E-state index contributed by atoms with van der Waals surface area (Å²) in [5.74, 6) is 0.583. The number of hydrogen-bond acceptors (Lipinski definition) is 5. The zero-order chi connectivity index (χ0) is 12.3. The van der Waals surface area contributed by atoms with E-state index in [0.29, 0.717) is 16.6 Å². The first kappa shape index (κ1) is 12.2. The summed E-state index contributed by atoms with van der Waals surface area (Å²) in [5, 5.41) is 3.17. The van der Waals surface area contributed by atoms with Crippen molar-refractivity contribution in [2.24, 2.45) is 5.73 Å². The Morgan fingerprint density at radius 2 is 2.41 bits per heavy atom. The van der Waals surface area contributed by atoms with Crippen molar-refractivity contribution in [1.29, 1.82) is 0 Å². The number of hydrogen-bond donors (Lipinski definition) is 2. The van der Waals surface area contributed by atoms with Crippen LogP contribution in [0.3, 0.4) is 0 Å². The number of aromatic nitrogens is 2. The quantitative estimate of drug-likeness (QED) is 0.722. The van der Waals surface area contributed by atoms with Gasteiger partial charge in [-0.25, -0.2) is 9.97 Å². The summed E-state index contributed by atoms with van der Waals surface area (Å²) in [4.78, 5) is 11.0. The van der Waals surface area contributed by atoms with E-state index >= 15 is 0 Å². The third kappa shape index (κ3) is 3.61. The molecule has 0 atom stereocenters. The molecule has 92 valence electrons. The maximum atomic E-state index is 5.51. The summed E-state index contributed by atoms with van der Waals surface area (Å²) in [7, 11) is 2.14.